The fraction of sp³-hybridized carbons (Fsp3) is 0.588. The Kier molecular flexibility index (Phi) is 4.83. The molecule has 1 aromatic rings. The molecule has 5 nitrogen and oxygen atoms in total. The van der Waals surface area contributed by atoms with Gasteiger partial charge in [0.2, 0.25) is 0 Å². The first kappa shape index (κ1) is 15.2. The van der Waals surface area contributed by atoms with Crippen LogP contribution in [0.4, 0.5) is 0 Å². The van der Waals surface area contributed by atoms with E-state index in [4.69, 9.17) is 9.47 Å². The standard InChI is InChI=1S/C17H24N2O3/c1-2-7-21-15-3-5-16(6-4-15)22-12-17(20)19-10-13-8-18-9-14(13)11-19/h3-6,13-14,18H,2,7-12H2,1H3/t13-,14+. The molecule has 22 heavy (non-hydrogen) atoms. The van der Waals surface area contributed by atoms with Gasteiger partial charge in [0, 0.05) is 26.2 Å². The molecule has 2 saturated heterocycles. The van der Waals surface area contributed by atoms with Gasteiger partial charge >= 0.3 is 0 Å². The smallest absolute Gasteiger partial charge is 0.260 e. The summed E-state index contributed by atoms with van der Waals surface area (Å²) in [5, 5.41) is 3.38. The summed E-state index contributed by atoms with van der Waals surface area (Å²) in [5.41, 5.74) is 0. The zero-order valence-corrected chi connectivity index (χ0v) is 13.1. The van der Waals surface area contributed by atoms with E-state index in [1.807, 2.05) is 29.2 Å². The van der Waals surface area contributed by atoms with E-state index in [0.717, 1.165) is 38.3 Å². The minimum absolute atomic E-state index is 0.0840. The van der Waals surface area contributed by atoms with Gasteiger partial charge < -0.3 is 19.7 Å². The summed E-state index contributed by atoms with van der Waals surface area (Å²) >= 11 is 0. The van der Waals surface area contributed by atoms with Crippen molar-refractivity contribution in [2.75, 3.05) is 39.4 Å². The maximum absolute atomic E-state index is 12.2. The van der Waals surface area contributed by atoms with Crippen molar-refractivity contribution >= 4 is 5.91 Å². The van der Waals surface area contributed by atoms with Crippen molar-refractivity contribution in [3.8, 4) is 11.5 Å². The van der Waals surface area contributed by atoms with Crippen LogP contribution in [0.15, 0.2) is 24.3 Å². The van der Waals surface area contributed by atoms with Gasteiger partial charge in [0.25, 0.3) is 5.91 Å². The van der Waals surface area contributed by atoms with E-state index in [-0.39, 0.29) is 12.5 Å². The second-order valence-corrected chi connectivity index (χ2v) is 6.09. The van der Waals surface area contributed by atoms with Crippen LogP contribution in [-0.2, 0) is 4.79 Å². The summed E-state index contributed by atoms with van der Waals surface area (Å²) in [6.45, 7) is 6.70. The van der Waals surface area contributed by atoms with Gasteiger partial charge in [0.15, 0.2) is 6.61 Å². The van der Waals surface area contributed by atoms with Gasteiger partial charge in [-0.2, -0.15) is 0 Å². The first-order chi connectivity index (χ1) is 10.8. The monoisotopic (exact) mass is 304 g/mol. The lowest BCUT2D eigenvalue weighted by atomic mass is 10.0. The molecule has 1 N–H and O–H groups in total. The third-order valence-electron chi connectivity index (χ3n) is 4.40. The highest BCUT2D eigenvalue weighted by Crippen LogP contribution is 2.26. The average Bonchev–Trinajstić information content (AvgIpc) is 3.13. The van der Waals surface area contributed by atoms with Gasteiger partial charge in [0.1, 0.15) is 11.5 Å². The Morgan fingerprint density at radius 2 is 1.73 bits per heavy atom. The normalized spacial score (nSPS) is 23.4. The number of hydrogen-bond acceptors (Lipinski definition) is 4. The maximum Gasteiger partial charge on any atom is 0.260 e. The van der Waals surface area contributed by atoms with Crippen molar-refractivity contribution < 1.29 is 14.3 Å². The number of rotatable bonds is 6. The highest BCUT2D eigenvalue weighted by atomic mass is 16.5. The average molecular weight is 304 g/mol. The van der Waals surface area contributed by atoms with Gasteiger partial charge in [0.05, 0.1) is 6.61 Å². The van der Waals surface area contributed by atoms with Crippen molar-refractivity contribution in [1.82, 2.24) is 10.2 Å². The number of nitrogens with one attached hydrogen (secondary N) is 1. The van der Waals surface area contributed by atoms with Crippen LogP contribution in [0, 0.1) is 11.8 Å². The van der Waals surface area contributed by atoms with E-state index >= 15 is 0 Å². The van der Waals surface area contributed by atoms with Crippen molar-refractivity contribution in [3.63, 3.8) is 0 Å². The number of likely N-dealkylation sites (tertiary alicyclic amines) is 1. The molecule has 2 fully saturated rings. The van der Waals surface area contributed by atoms with Gasteiger partial charge in [-0.15, -0.1) is 0 Å². The third-order valence-corrected chi connectivity index (χ3v) is 4.40. The molecular formula is C17H24N2O3. The topological polar surface area (TPSA) is 50.8 Å². The molecule has 0 saturated carbocycles. The van der Waals surface area contributed by atoms with Gasteiger partial charge in [-0.1, -0.05) is 6.92 Å². The van der Waals surface area contributed by atoms with E-state index in [1.54, 1.807) is 0 Å². The molecule has 120 valence electrons. The predicted molar refractivity (Wildman–Crippen MR) is 84.2 cm³/mol. The van der Waals surface area contributed by atoms with Crippen LogP contribution in [0.3, 0.4) is 0 Å². The molecule has 2 aliphatic rings. The molecule has 2 heterocycles. The van der Waals surface area contributed by atoms with Crippen LogP contribution in [0.2, 0.25) is 0 Å². The summed E-state index contributed by atoms with van der Waals surface area (Å²) in [4.78, 5) is 14.2. The third kappa shape index (κ3) is 3.53. The molecule has 2 aliphatic heterocycles. The van der Waals surface area contributed by atoms with Crippen LogP contribution in [0.1, 0.15) is 13.3 Å². The summed E-state index contributed by atoms with van der Waals surface area (Å²) < 4.78 is 11.1. The van der Waals surface area contributed by atoms with Crippen molar-refractivity contribution in [2.45, 2.75) is 13.3 Å². The molecule has 5 heteroatoms. The van der Waals surface area contributed by atoms with Crippen LogP contribution in [0.5, 0.6) is 11.5 Å². The molecule has 1 aromatic carbocycles. The predicted octanol–water partition coefficient (Wildman–Crippen LogP) is 1.53. The summed E-state index contributed by atoms with van der Waals surface area (Å²) in [5.74, 6) is 2.87. The SMILES string of the molecule is CCCOc1ccc(OCC(=O)N2C[C@H]3CNC[C@H]3C2)cc1. The van der Waals surface area contributed by atoms with E-state index in [1.165, 1.54) is 0 Å². The molecule has 0 radical (unpaired) electrons. The molecule has 2 atom stereocenters. The zero-order valence-electron chi connectivity index (χ0n) is 13.1. The number of ether oxygens (including phenoxy) is 2. The summed E-state index contributed by atoms with van der Waals surface area (Å²) in [6.07, 6.45) is 0.986. The van der Waals surface area contributed by atoms with Crippen LogP contribution in [-0.4, -0.2) is 50.2 Å². The van der Waals surface area contributed by atoms with Crippen LogP contribution >= 0.6 is 0 Å². The number of benzene rings is 1. The highest BCUT2D eigenvalue weighted by molar-refractivity contribution is 5.78. The Balaban J connectivity index is 1.45. The number of hydrogen-bond donors (Lipinski definition) is 1. The second kappa shape index (κ2) is 7.01. The Labute approximate surface area is 131 Å². The van der Waals surface area contributed by atoms with E-state index < -0.39 is 0 Å². The largest absolute Gasteiger partial charge is 0.494 e. The Hall–Kier alpha value is -1.75. The Morgan fingerprint density at radius 3 is 2.32 bits per heavy atom. The molecule has 0 aromatic heterocycles. The molecule has 0 unspecified atom stereocenters. The maximum atomic E-state index is 12.2. The second-order valence-electron chi connectivity index (χ2n) is 6.09. The lowest BCUT2D eigenvalue weighted by Gasteiger charge is -2.17. The summed E-state index contributed by atoms with van der Waals surface area (Å²) in [6, 6.07) is 7.45. The molecular weight excluding hydrogens is 280 g/mol. The fourth-order valence-electron chi connectivity index (χ4n) is 3.15. The number of carbonyl (C=O) groups excluding carboxylic acids is 1. The first-order valence-corrected chi connectivity index (χ1v) is 8.10. The number of amides is 1. The molecule has 0 spiro atoms. The Morgan fingerprint density at radius 1 is 1.14 bits per heavy atom. The van der Waals surface area contributed by atoms with Crippen molar-refractivity contribution in [3.05, 3.63) is 24.3 Å². The highest BCUT2D eigenvalue weighted by Gasteiger charge is 2.37. The lowest BCUT2D eigenvalue weighted by molar-refractivity contribution is -0.132. The van der Waals surface area contributed by atoms with Crippen LogP contribution < -0.4 is 14.8 Å². The minimum Gasteiger partial charge on any atom is -0.494 e. The fourth-order valence-corrected chi connectivity index (χ4v) is 3.15. The van der Waals surface area contributed by atoms with Crippen molar-refractivity contribution in [1.29, 1.82) is 0 Å². The molecule has 0 bridgehead atoms. The first-order valence-electron chi connectivity index (χ1n) is 8.10. The van der Waals surface area contributed by atoms with Crippen LogP contribution in [0.25, 0.3) is 0 Å². The van der Waals surface area contributed by atoms with Gasteiger partial charge in [-0.3, -0.25) is 4.79 Å². The summed E-state index contributed by atoms with van der Waals surface area (Å²) in [7, 11) is 0. The van der Waals surface area contributed by atoms with E-state index in [0.29, 0.717) is 24.2 Å². The molecule has 3 rings (SSSR count). The molecule has 0 aliphatic carbocycles. The zero-order chi connectivity index (χ0) is 15.4. The Bertz CT molecular complexity index is 491. The van der Waals surface area contributed by atoms with E-state index in [2.05, 4.69) is 12.2 Å². The van der Waals surface area contributed by atoms with Gasteiger partial charge in [-0.05, 0) is 42.5 Å². The van der Waals surface area contributed by atoms with Gasteiger partial charge in [-0.25, -0.2) is 0 Å². The minimum atomic E-state index is 0.0840. The number of carbonyl (C=O) groups is 1. The van der Waals surface area contributed by atoms with Crippen molar-refractivity contribution in [2.24, 2.45) is 11.8 Å². The quantitative estimate of drug-likeness (QED) is 0.866. The lowest BCUT2D eigenvalue weighted by Crippen LogP contribution is -2.35. The molecule has 1 amide bonds. The number of fused-ring (bicyclic) bond motifs is 1. The van der Waals surface area contributed by atoms with E-state index in [9.17, 15) is 4.79 Å². The number of nitrogens with zero attached hydrogens (tertiary/aromatic N) is 1.